The number of benzene rings is 2. The molecule has 43 heavy (non-hydrogen) atoms. The maximum Gasteiger partial charge on any atom is 0.414 e. The molecule has 11 nitrogen and oxygen atoms in total. The molecule has 5 rings (SSSR count). The highest BCUT2D eigenvalue weighted by molar-refractivity contribution is 5.98. The summed E-state index contributed by atoms with van der Waals surface area (Å²) in [5.74, 6) is -0.845. The lowest BCUT2D eigenvalue weighted by Gasteiger charge is -2.36. The van der Waals surface area contributed by atoms with Crippen LogP contribution in [0.15, 0.2) is 42.5 Å². The average molecular weight is 596 g/mol. The lowest BCUT2D eigenvalue weighted by atomic mass is 10.0. The molecule has 2 aromatic carbocycles. The first-order chi connectivity index (χ1) is 20.8. The number of carbonyl (C=O) groups is 4. The van der Waals surface area contributed by atoms with Gasteiger partial charge in [0.2, 0.25) is 11.8 Å². The van der Waals surface area contributed by atoms with Crippen molar-refractivity contribution in [1.82, 2.24) is 15.1 Å². The van der Waals surface area contributed by atoms with E-state index in [-0.39, 0.29) is 43.5 Å². The van der Waals surface area contributed by atoms with Gasteiger partial charge in [-0.2, -0.15) is 0 Å². The zero-order valence-electron chi connectivity index (χ0n) is 24.4. The van der Waals surface area contributed by atoms with Crippen LogP contribution >= 0.6 is 0 Å². The maximum absolute atomic E-state index is 15.1. The number of anilines is 2. The molecule has 3 saturated heterocycles. The van der Waals surface area contributed by atoms with Crippen molar-refractivity contribution < 1.29 is 33.0 Å². The number of amides is 3. The minimum absolute atomic E-state index is 0.0598. The molecule has 1 unspecified atom stereocenters. The highest BCUT2D eigenvalue weighted by atomic mass is 19.1. The number of ether oxygens (including phenoxy) is 2. The van der Waals surface area contributed by atoms with Crippen molar-refractivity contribution in [2.45, 2.75) is 32.4 Å². The van der Waals surface area contributed by atoms with E-state index >= 15 is 4.39 Å². The van der Waals surface area contributed by atoms with Gasteiger partial charge in [-0.05, 0) is 23.8 Å². The number of halogens is 1. The minimum Gasteiger partial charge on any atom is -0.442 e. The highest BCUT2D eigenvalue weighted by Gasteiger charge is 2.33. The second-order valence-corrected chi connectivity index (χ2v) is 11.1. The largest absolute Gasteiger partial charge is 0.442 e. The standard InChI is InChI=1S/C31H38FN5O6/c1-22(38)33-19-26-21-37(31(41)43-26)25-6-7-28(27(32)18-25)35-10-12-36(13-11-35)30(40)9-8-29(39)24-4-2-23(3-5-24)20-34-14-16-42-17-15-34/h2-7,18,26H,8-17,19-21H2,1H3,(H,33,38). The van der Waals surface area contributed by atoms with Gasteiger partial charge in [-0.1, -0.05) is 24.3 Å². The topological polar surface area (TPSA) is 112 Å². The number of rotatable bonds is 10. The summed E-state index contributed by atoms with van der Waals surface area (Å²) in [6, 6.07) is 12.2. The number of cyclic esters (lactones) is 1. The fraction of sp³-hybridized carbons (Fsp3) is 0.484. The molecule has 230 valence electrons. The van der Waals surface area contributed by atoms with Crippen LogP contribution < -0.4 is 15.1 Å². The number of piperazine rings is 1. The Morgan fingerprint density at radius 1 is 0.953 bits per heavy atom. The van der Waals surface area contributed by atoms with Gasteiger partial charge in [-0.25, -0.2) is 9.18 Å². The number of carbonyl (C=O) groups excluding carboxylic acids is 4. The molecule has 0 saturated carbocycles. The van der Waals surface area contributed by atoms with Crippen LogP contribution in [0.25, 0.3) is 0 Å². The van der Waals surface area contributed by atoms with Crippen LogP contribution in [0.1, 0.15) is 35.7 Å². The van der Waals surface area contributed by atoms with Gasteiger partial charge in [0.15, 0.2) is 5.78 Å². The zero-order valence-corrected chi connectivity index (χ0v) is 24.4. The Morgan fingerprint density at radius 3 is 2.35 bits per heavy atom. The van der Waals surface area contributed by atoms with Crippen molar-refractivity contribution in [1.29, 1.82) is 0 Å². The van der Waals surface area contributed by atoms with Crippen molar-refractivity contribution in [3.05, 3.63) is 59.4 Å². The third-order valence-electron chi connectivity index (χ3n) is 8.02. The van der Waals surface area contributed by atoms with Gasteiger partial charge in [0.25, 0.3) is 0 Å². The Morgan fingerprint density at radius 2 is 1.67 bits per heavy atom. The van der Waals surface area contributed by atoms with Crippen molar-refractivity contribution in [2.24, 2.45) is 0 Å². The molecule has 12 heteroatoms. The van der Waals surface area contributed by atoms with Gasteiger partial charge in [0.1, 0.15) is 11.9 Å². The quantitative estimate of drug-likeness (QED) is 0.417. The summed E-state index contributed by atoms with van der Waals surface area (Å²) in [7, 11) is 0. The number of morpholine rings is 1. The summed E-state index contributed by atoms with van der Waals surface area (Å²) >= 11 is 0. The summed E-state index contributed by atoms with van der Waals surface area (Å²) in [6.45, 7) is 7.64. The molecule has 0 bridgehead atoms. The van der Waals surface area contributed by atoms with Crippen molar-refractivity contribution in [2.75, 3.05) is 75.4 Å². The van der Waals surface area contributed by atoms with Gasteiger partial charge >= 0.3 is 6.09 Å². The van der Waals surface area contributed by atoms with E-state index in [9.17, 15) is 19.2 Å². The summed E-state index contributed by atoms with van der Waals surface area (Å²) in [5.41, 5.74) is 2.52. The second-order valence-electron chi connectivity index (χ2n) is 11.1. The molecule has 0 aromatic heterocycles. The van der Waals surface area contributed by atoms with Crippen LogP contribution in [0, 0.1) is 5.82 Å². The van der Waals surface area contributed by atoms with Crippen molar-refractivity contribution in [3.63, 3.8) is 0 Å². The number of nitrogens with zero attached hydrogens (tertiary/aromatic N) is 4. The van der Waals surface area contributed by atoms with E-state index in [1.165, 1.54) is 17.9 Å². The molecule has 1 N–H and O–H groups in total. The molecule has 0 aliphatic carbocycles. The predicted molar refractivity (Wildman–Crippen MR) is 158 cm³/mol. The number of hydrogen-bond donors (Lipinski definition) is 1. The van der Waals surface area contributed by atoms with Gasteiger partial charge in [-0.15, -0.1) is 0 Å². The molecule has 0 radical (unpaired) electrons. The van der Waals surface area contributed by atoms with Crippen molar-refractivity contribution >= 4 is 35.1 Å². The Bertz CT molecular complexity index is 1320. The molecule has 3 amide bonds. The maximum atomic E-state index is 15.1. The molecule has 0 spiro atoms. The smallest absolute Gasteiger partial charge is 0.414 e. The monoisotopic (exact) mass is 595 g/mol. The number of nitrogens with one attached hydrogen (secondary N) is 1. The van der Waals surface area contributed by atoms with Gasteiger partial charge in [0.05, 0.1) is 37.7 Å². The summed E-state index contributed by atoms with van der Waals surface area (Å²) in [6.07, 6.45) is -0.825. The van der Waals surface area contributed by atoms with E-state index in [4.69, 9.17) is 9.47 Å². The zero-order chi connectivity index (χ0) is 30.3. The SMILES string of the molecule is CC(=O)NCC1CN(c2ccc(N3CCN(C(=O)CCC(=O)c4ccc(CN5CCOCC5)cc4)CC3)c(F)c2)C(=O)O1. The summed E-state index contributed by atoms with van der Waals surface area (Å²) in [5, 5.41) is 2.62. The second kappa shape index (κ2) is 14.0. The fourth-order valence-electron chi connectivity index (χ4n) is 5.55. The van der Waals surface area contributed by atoms with Crippen LogP contribution in [0.5, 0.6) is 0 Å². The molecular weight excluding hydrogens is 557 g/mol. The van der Waals surface area contributed by atoms with Gasteiger partial charge in [0, 0.05) is 71.1 Å². The van der Waals surface area contributed by atoms with Gasteiger partial charge < -0.3 is 24.6 Å². The van der Waals surface area contributed by atoms with E-state index in [0.29, 0.717) is 43.1 Å². The van der Waals surface area contributed by atoms with Crippen LogP contribution in [-0.2, 0) is 25.6 Å². The first kappa shape index (κ1) is 30.4. The first-order valence-electron chi connectivity index (χ1n) is 14.7. The van der Waals surface area contributed by atoms with E-state index in [2.05, 4.69) is 10.2 Å². The van der Waals surface area contributed by atoms with Crippen LogP contribution in [0.2, 0.25) is 0 Å². The molecule has 3 aliphatic rings. The normalized spacial score (nSPS) is 19.3. The lowest BCUT2D eigenvalue weighted by Crippen LogP contribution is -2.49. The summed E-state index contributed by atoms with van der Waals surface area (Å²) in [4.78, 5) is 56.2. The Labute approximate surface area is 250 Å². The van der Waals surface area contributed by atoms with Crippen LogP contribution in [0.3, 0.4) is 0 Å². The number of ketones is 1. The van der Waals surface area contributed by atoms with E-state index in [0.717, 1.165) is 38.4 Å². The molecule has 3 fully saturated rings. The fourth-order valence-corrected chi connectivity index (χ4v) is 5.55. The summed E-state index contributed by atoms with van der Waals surface area (Å²) < 4.78 is 25.8. The average Bonchev–Trinajstić information content (AvgIpc) is 3.40. The molecule has 2 aromatic rings. The molecule has 3 heterocycles. The van der Waals surface area contributed by atoms with Crippen LogP contribution in [-0.4, -0.2) is 105 Å². The highest BCUT2D eigenvalue weighted by Crippen LogP contribution is 2.28. The van der Waals surface area contributed by atoms with E-state index in [1.54, 1.807) is 17.0 Å². The number of Topliss-reactive ketones (excluding diaryl/α,β-unsaturated/α-hetero) is 1. The van der Waals surface area contributed by atoms with Crippen molar-refractivity contribution in [3.8, 4) is 0 Å². The predicted octanol–water partition coefficient (Wildman–Crippen LogP) is 2.43. The van der Waals surface area contributed by atoms with Gasteiger partial charge in [-0.3, -0.25) is 24.2 Å². The van der Waals surface area contributed by atoms with E-state index in [1.807, 2.05) is 29.2 Å². The third-order valence-corrected chi connectivity index (χ3v) is 8.02. The molecular formula is C31H38FN5O6. The lowest BCUT2D eigenvalue weighted by molar-refractivity contribution is -0.131. The molecule has 3 aliphatic heterocycles. The Balaban J connectivity index is 1.07. The Kier molecular flexibility index (Phi) is 9.88. The third kappa shape index (κ3) is 7.88. The minimum atomic E-state index is -0.589. The van der Waals surface area contributed by atoms with E-state index < -0.39 is 18.0 Å². The first-order valence-corrected chi connectivity index (χ1v) is 14.7. The molecule has 1 atom stereocenters. The Hall–Kier alpha value is -4.03. The number of hydrogen-bond acceptors (Lipinski definition) is 8. The van der Waals surface area contributed by atoms with Crippen LogP contribution in [0.4, 0.5) is 20.6 Å².